The predicted octanol–water partition coefficient (Wildman–Crippen LogP) is 4.99. The van der Waals surface area contributed by atoms with Crippen LogP contribution in [0.2, 0.25) is 18.1 Å². The van der Waals surface area contributed by atoms with E-state index in [2.05, 4.69) is 70.9 Å². The fraction of sp³-hybridized carbons (Fsp3) is 0.538. The van der Waals surface area contributed by atoms with Gasteiger partial charge in [0.25, 0.3) is 0 Å². The van der Waals surface area contributed by atoms with Gasteiger partial charge in [0.2, 0.25) is 0 Å². The number of benzene rings is 1. The molecule has 0 spiro atoms. The highest BCUT2D eigenvalue weighted by atomic mass is 79.9. The number of hydrogen-bond acceptors (Lipinski definition) is 1. The van der Waals surface area contributed by atoms with Crippen LogP contribution >= 0.6 is 31.9 Å². The molecule has 0 heterocycles. The molecule has 0 aromatic heterocycles. The van der Waals surface area contributed by atoms with Gasteiger partial charge in [0, 0.05) is 18.6 Å². The molecule has 0 aliphatic rings. The van der Waals surface area contributed by atoms with Crippen LogP contribution in [0.4, 0.5) is 0 Å². The maximum absolute atomic E-state index is 5.94. The van der Waals surface area contributed by atoms with E-state index in [1.165, 1.54) is 5.56 Å². The summed E-state index contributed by atoms with van der Waals surface area (Å²) in [6.07, 6.45) is 0. The molecule has 0 saturated heterocycles. The van der Waals surface area contributed by atoms with Gasteiger partial charge >= 0.3 is 0 Å². The summed E-state index contributed by atoms with van der Waals surface area (Å²) < 4.78 is 7.01. The largest absolute Gasteiger partial charge is 0.493 e. The molecule has 0 N–H and O–H groups in total. The summed E-state index contributed by atoms with van der Waals surface area (Å²) in [5, 5.41) is 1.18. The molecule has 1 rings (SSSR count). The van der Waals surface area contributed by atoms with Crippen LogP contribution < -0.4 is 4.74 Å². The lowest BCUT2D eigenvalue weighted by atomic mass is 10.2. The SMILES string of the molecule is C[SiH](C)C(C)(C)COc1cc(Br)cc(CBr)c1. The normalized spacial score (nSPS) is 11.9. The Labute approximate surface area is 123 Å². The Morgan fingerprint density at radius 3 is 2.41 bits per heavy atom. The molecule has 0 aliphatic carbocycles. The standard InChI is InChI=1S/C13H20Br2OSi/c1-13(2,17(3)4)9-16-12-6-10(8-14)5-11(15)7-12/h5-7,17H,8-9H2,1-4H3. The Morgan fingerprint density at radius 1 is 1.24 bits per heavy atom. The summed E-state index contributed by atoms with van der Waals surface area (Å²) in [6.45, 7) is 10.1. The Bertz CT molecular complexity index is 378. The molecule has 4 heteroatoms. The van der Waals surface area contributed by atoms with Crippen molar-refractivity contribution in [3.8, 4) is 5.75 Å². The Kier molecular flexibility index (Phi) is 5.73. The third-order valence-corrected chi connectivity index (χ3v) is 7.66. The first kappa shape index (κ1) is 15.3. The highest BCUT2D eigenvalue weighted by Crippen LogP contribution is 2.30. The Hall–Kier alpha value is 0.197. The predicted molar refractivity (Wildman–Crippen MR) is 85.2 cm³/mol. The summed E-state index contributed by atoms with van der Waals surface area (Å²) in [4.78, 5) is 0. The molecule has 17 heavy (non-hydrogen) atoms. The van der Waals surface area contributed by atoms with Crippen LogP contribution in [0.3, 0.4) is 0 Å². The molecule has 1 nitrogen and oxygen atoms in total. The molecule has 1 aromatic rings. The molecule has 0 aliphatic heterocycles. The van der Waals surface area contributed by atoms with E-state index in [0.717, 1.165) is 22.2 Å². The molecule has 96 valence electrons. The van der Waals surface area contributed by atoms with E-state index in [1.807, 2.05) is 6.07 Å². The average Bonchev–Trinajstić information content (AvgIpc) is 2.25. The monoisotopic (exact) mass is 378 g/mol. The summed E-state index contributed by atoms with van der Waals surface area (Å²) in [5.74, 6) is 0.955. The second kappa shape index (κ2) is 6.39. The van der Waals surface area contributed by atoms with Crippen LogP contribution in [0.25, 0.3) is 0 Å². The van der Waals surface area contributed by atoms with Crippen LogP contribution in [-0.4, -0.2) is 15.4 Å². The average molecular weight is 380 g/mol. The zero-order valence-corrected chi connectivity index (χ0v) is 15.2. The summed E-state index contributed by atoms with van der Waals surface area (Å²) >= 11 is 6.98. The molecule has 0 unspecified atom stereocenters. The zero-order valence-electron chi connectivity index (χ0n) is 10.9. The van der Waals surface area contributed by atoms with Crippen molar-refractivity contribution in [2.24, 2.45) is 0 Å². The fourth-order valence-electron chi connectivity index (χ4n) is 1.22. The lowest BCUT2D eigenvalue weighted by molar-refractivity contribution is 0.276. The first-order valence-electron chi connectivity index (χ1n) is 5.83. The van der Waals surface area contributed by atoms with E-state index in [4.69, 9.17) is 4.74 Å². The summed E-state index contributed by atoms with van der Waals surface area (Å²) in [5.41, 5.74) is 1.23. The molecule has 0 fully saturated rings. The van der Waals surface area contributed by atoms with Crippen LogP contribution in [0.5, 0.6) is 5.75 Å². The van der Waals surface area contributed by atoms with E-state index in [9.17, 15) is 0 Å². The summed E-state index contributed by atoms with van der Waals surface area (Å²) in [7, 11) is -0.699. The number of halogens is 2. The van der Waals surface area contributed by atoms with Crippen molar-refractivity contribution in [2.45, 2.75) is 37.3 Å². The van der Waals surface area contributed by atoms with Crippen LogP contribution in [-0.2, 0) is 5.33 Å². The number of alkyl halides is 1. The number of ether oxygens (including phenoxy) is 1. The van der Waals surface area contributed by atoms with Gasteiger partial charge in [0.05, 0.1) is 6.61 Å². The van der Waals surface area contributed by atoms with Crippen molar-refractivity contribution in [1.82, 2.24) is 0 Å². The van der Waals surface area contributed by atoms with E-state index >= 15 is 0 Å². The molecule has 0 amide bonds. The van der Waals surface area contributed by atoms with Crippen molar-refractivity contribution in [1.29, 1.82) is 0 Å². The fourth-order valence-corrected chi connectivity index (χ4v) is 2.48. The molecule has 1 aromatic carbocycles. The second-order valence-corrected chi connectivity index (χ2v) is 10.7. The van der Waals surface area contributed by atoms with Gasteiger partial charge in [-0.05, 0) is 28.8 Å². The minimum absolute atomic E-state index is 0.330. The lowest BCUT2D eigenvalue weighted by Gasteiger charge is -2.28. The van der Waals surface area contributed by atoms with E-state index in [0.29, 0.717) is 5.04 Å². The number of rotatable bonds is 5. The Balaban J connectivity index is 2.72. The van der Waals surface area contributed by atoms with Gasteiger partial charge in [-0.15, -0.1) is 0 Å². The van der Waals surface area contributed by atoms with E-state index < -0.39 is 8.80 Å². The van der Waals surface area contributed by atoms with Gasteiger partial charge < -0.3 is 4.74 Å². The van der Waals surface area contributed by atoms with Crippen LogP contribution in [0.1, 0.15) is 19.4 Å². The molecule has 0 atom stereocenters. The molecule has 0 saturated carbocycles. The quantitative estimate of drug-likeness (QED) is 0.517. The second-order valence-electron chi connectivity index (χ2n) is 5.36. The topological polar surface area (TPSA) is 9.23 Å². The van der Waals surface area contributed by atoms with E-state index in [1.54, 1.807) is 0 Å². The molecular formula is C13H20Br2OSi. The van der Waals surface area contributed by atoms with Gasteiger partial charge in [-0.3, -0.25) is 0 Å². The smallest absolute Gasteiger partial charge is 0.120 e. The first-order chi connectivity index (χ1) is 7.85. The third kappa shape index (κ3) is 4.76. The maximum Gasteiger partial charge on any atom is 0.120 e. The minimum Gasteiger partial charge on any atom is -0.493 e. The lowest BCUT2D eigenvalue weighted by Crippen LogP contribution is -2.27. The van der Waals surface area contributed by atoms with E-state index in [-0.39, 0.29) is 0 Å². The van der Waals surface area contributed by atoms with Gasteiger partial charge in [-0.1, -0.05) is 58.8 Å². The van der Waals surface area contributed by atoms with Crippen molar-refractivity contribution in [2.75, 3.05) is 6.61 Å². The van der Waals surface area contributed by atoms with Crippen molar-refractivity contribution >= 4 is 40.7 Å². The first-order valence-corrected chi connectivity index (χ1v) is 10.6. The third-order valence-electron chi connectivity index (χ3n) is 3.26. The van der Waals surface area contributed by atoms with Gasteiger partial charge in [-0.25, -0.2) is 0 Å². The van der Waals surface area contributed by atoms with Crippen molar-refractivity contribution < 1.29 is 4.74 Å². The molecule has 0 bridgehead atoms. The highest BCUT2D eigenvalue weighted by molar-refractivity contribution is 9.10. The Morgan fingerprint density at radius 2 is 1.88 bits per heavy atom. The van der Waals surface area contributed by atoms with Gasteiger partial charge in [0.15, 0.2) is 0 Å². The summed E-state index contributed by atoms with van der Waals surface area (Å²) in [6, 6.07) is 6.23. The van der Waals surface area contributed by atoms with Gasteiger partial charge in [0.1, 0.15) is 5.75 Å². The number of hydrogen-bond donors (Lipinski definition) is 0. The van der Waals surface area contributed by atoms with Gasteiger partial charge in [-0.2, -0.15) is 0 Å². The minimum atomic E-state index is -0.699. The van der Waals surface area contributed by atoms with Crippen molar-refractivity contribution in [3.05, 3.63) is 28.2 Å². The van der Waals surface area contributed by atoms with Crippen molar-refractivity contribution in [3.63, 3.8) is 0 Å². The zero-order chi connectivity index (χ0) is 13.1. The van der Waals surface area contributed by atoms with Crippen LogP contribution in [0, 0.1) is 0 Å². The maximum atomic E-state index is 5.94. The molecule has 0 radical (unpaired) electrons. The molecular weight excluding hydrogens is 360 g/mol. The van der Waals surface area contributed by atoms with Crippen LogP contribution in [0.15, 0.2) is 22.7 Å². The highest BCUT2D eigenvalue weighted by Gasteiger charge is 2.24.